The number of ether oxygens (including phenoxy) is 1. The zero-order valence-corrected chi connectivity index (χ0v) is 12.3. The van der Waals surface area contributed by atoms with Crippen molar-refractivity contribution in [2.75, 3.05) is 13.1 Å². The van der Waals surface area contributed by atoms with Crippen LogP contribution in [0.3, 0.4) is 0 Å². The molecule has 1 aliphatic heterocycles. The van der Waals surface area contributed by atoms with Gasteiger partial charge in [-0.15, -0.1) is 0 Å². The molecule has 0 amide bonds. The lowest BCUT2D eigenvalue weighted by atomic mass is 10.1. The van der Waals surface area contributed by atoms with Crippen molar-refractivity contribution in [1.82, 2.24) is 15.5 Å². The van der Waals surface area contributed by atoms with E-state index in [4.69, 9.17) is 9.26 Å². The number of nitrogens with one attached hydrogen (secondary N) is 1. The lowest BCUT2D eigenvalue weighted by molar-refractivity contribution is 0.00859. The van der Waals surface area contributed by atoms with Gasteiger partial charge in [0.25, 0.3) is 5.89 Å². The fourth-order valence-electron chi connectivity index (χ4n) is 2.58. The summed E-state index contributed by atoms with van der Waals surface area (Å²) in [7, 11) is 0. The Hall–Kier alpha value is -1.72. The van der Waals surface area contributed by atoms with Gasteiger partial charge in [0.2, 0.25) is 0 Å². The summed E-state index contributed by atoms with van der Waals surface area (Å²) in [5.74, 6) is 1.28. The molecular formula is C16H21N3O2. The predicted molar refractivity (Wildman–Crippen MR) is 79.0 cm³/mol. The first kappa shape index (κ1) is 14.2. The van der Waals surface area contributed by atoms with Crippen molar-refractivity contribution in [3.63, 3.8) is 0 Å². The quantitative estimate of drug-likeness (QED) is 0.914. The molecule has 0 aliphatic carbocycles. The van der Waals surface area contributed by atoms with Crippen LogP contribution in [0, 0.1) is 6.92 Å². The number of aromatic nitrogens is 2. The van der Waals surface area contributed by atoms with Gasteiger partial charge >= 0.3 is 0 Å². The second-order valence-corrected chi connectivity index (χ2v) is 5.53. The molecule has 21 heavy (non-hydrogen) atoms. The van der Waals surface area contributed by atoms with E-state index in [1.54, 1.807) is 0 Å². The van der Waals surface area contributed by atoms with Crippen LogP contribution in [0.25, 0.3) is 0 Å². The molecule has 1 aromatic heterocycles. The Morgan fingerprint density at radius 3 is 3.00 bits per heavy atom. The summed E-state index contributed by atoms with van der Waals surface area (Å²) in [6.07, 6.45) is 3.09. The highest BCUT2D eigenvalue weighted by Gasteiger charge is 2.15. The summed E-state index contributed by atoms with van der Waals surface area (Å²) >= 11 is 0. The summed E-state index contributed by atoms with van der Waals surface area (Å²) in [5.41, 5.74) is 2.44. The molecule has 1 saturated heterocycles. The standard InChI is InChI=1S/C16H21N3O2/c1-12-3-2-4-13(9-12)10-15-18-16(21-19-15)11-20-14-5-7-17-8-6-14/h2-4,9,14,17H,5-8,10-11H2,1H3. The molecule has 0 radical (unpaired) electrons. The SMILES string of the molecule is Cc1cccc(Cc2noc(COC3CCNCC3)n2)c1. The van der Waals surface area contributed by atoms with Crippen molar-refractivity contribution < 1.29 is 9.26 Å². The third kappa shape index (κ3) is 4.12. The van der Waals surface area contributed by atoms with E-state index in [1.807, 2.05) is 6.07 Å². The Morgan fingerprint density at radius 1 is 1.33 bits per heavy atom. The molecule has 0 spiro atoms. The molecule has 5 heteroatoms. The summed E-state index contributed by atoms with van der Waals surface area (Å²) in [6, 6.07) is 8.35. The summed E-state index contributed by atoms with van der Waals surface area (Å²) in [5, 5.41) is 7.34. The van der Waals surface area contributed by atoms with Gasteiger partial charge in [-0.25, -0.2) is 0 Å². The van der Waals surface area contributed by atoms with Crippen molar-refractivity contribution >= 4 is 0 Å². The summed E-state index contributed by atoms with van der Waals surface area (Å²) in [6.45, 7) is 4.53. The molecule has 112 valence electrons. The van der Waals surface area contributed by atoms with Crippen molar-refractivity contribution in [3.8, 4) is 0 Å². The maximum absolute atomic E-state index is 5.82. The van der Waals surface area contributed by atoms with Crippen molar-refractivity contribution in [2.45, 2.75) is 38.9 Å². The summed E-state index contributed by atoms with van der Waals surface area (Å²) < 4.78 is 11.1. The minimum absolute atomic E-state index is 0.304. The van der Waals surface area contributed by atoms with Gasteiger partial charge in [-0.05, 0) is 38.4 Å². The van der Waals surface area contributed by atoms with Crippen LogP contribution in [0.4, 0.5) is 0 Å². The maximum Gasteiger partial charge on any atom is 0.252 e. The highest BCUT2D eigenvalue weighted by molar-refractivity contribution is 5.24. The van der Waals surface area contributed by atoms with Gasteiger partial charge in [-0.2, -0.15) is 4.98 Å². The molecule has 0 saturated carbocycles. The number of hydrogen-bond acceptors (Lipinski definition) is 5. The topological polar surface area (TPSA) is 60.2 Å². The first-order chi connectivity index (χ1) is 10.3. The fraction of sp³-hybridized carbons (Fsp3) is 0.500. The van der Waals surface area contributed by atoms with E-state index >= 15 is 0 Å². The Balaban J connectivity index is 1.53. The van der Waals surface area contributed by atoms with Gasteiger partial charge in [-0.3, -0.25) is 0 Å². The maximum atomic E-state index is 5.82. The van der Waals surface area contributed by atoms with Crippen LogP contribution in [0.2, 0.25) is 0 Å². The molecule has 5 nitrogen and oxygen atoms in total. The number of rotatable bonds is 5. The van der Waals surface area contributed by atoms with Gasteiger partial charge < -0.3 is 14.6 Å². The van der Waals surface area contributed by atoms with Crippen LogP contribution in [-0.2, 0) is 17.8 Å². The first-order valence-electron chi connectivity index (χ1n) is 7.49. The number of benzene rings is 1. The molecule has 0 bridgehead atoms. The highest BCUT2D eigenvalue weighted by Crippen LogP contribution is 2.12. The Labute approximate surface area is 124 Å². The third-order valence-electron chi connectivity index (χ3n) is 3.68. The molecule has 2 aromatic rings. The van der Waals surface area contributed by atoms with Crippen LogP contribution in [0.5, 0.6) is 0 Å². The Bertz CT molecular complexity index is 576. The van der Waals surface area contributed by atoms with Gasteiger partial charge in [0, 0.05) is 6.42 Å². The lowest BCUT2D eigenvalue weighted by Gasteiger charge is -2.21. The van der Waals surface area contributed by atoms with Crippen molar-refractivity contribution in [2.24, 2.45) is 0 Å². The number of piperidine rings is 1. The van der Waals surface area contributed by atoms with Crippen LogP contribution < -0.4 is 5.32 Å². The van der Waals surface area contributed by atoms with Gasteiger partial charge in [0.15, 0.2) is 5.82 Å². The molecule has 3 rings (SSSR count). The summed E-state index contributed by atoms with van der Waals surface area (Å²) in [4.78, 5) is 4.40. The number of aryl methyl sites for hydroxylation is 1. The largest absolute Gasteiger partial charge is 0.368 e. The van der Waals surface area contributed by atoms with Crippen molar-refractivity contribution in [1.29, 1.82) is 0 Å². The average Bonchev–Trinajstić information content (AvgIpc) is 2.94. The molecule has 1 fully saturated rings. The third-order valence-corrected chi connectivity index (χ3v) is 3.68. The zero-order valence-electron chi connectivity index (χ0n) is 12.3. The molecular weight excluding hydrogens is 266 g/mol. The second kappa shape index (κ2) is 6.83. The van der Waals surface area contributed by atoms with Crippen LogP contribution >= 0.6 is 0 Å². The van der Waals surface area contributed by atoms with E-state index in [0.29, 0.717) is 30.8 Å². The van der Waals surface area contributed by atoms with E-state index in [9.17, 15) is 0 Å². The van der Waals surface area contributed by atoms with Gasteiger partial charge in [0.1, 0.15) is 6.61 Å². The predicted octanol–water partition coefficient (Wildman–Crippen LogP) is 2.24. The fourth-order valence-corrected chi connectivity index (χ4v) is 2.58. The van der Waals surface area contributed by atoms with Crippen LogP contribution in [0.1, 0.15) is 35.7 Å². The van der Waals surface area contributed by atoms with Crippen LogP contribution in [0.15, 0.2) is 28.8 Å². The molecule has 1 aromatic carbocycles. The Morgan fingerprint density at radius 2 is 2.19 bits per heavy atom. The first-order valence-corrected chi connectivity index (χ1v) is 7.49. The number of hydrogen-bond donors (Lipinski definition) is 1. The normalized spacial score (nSPS) is 16.2. The zero-order chi connectivity index (χ0) is 14.5. The van der Waals surface area contributed by atoms with E-state index in [0.717, 1.165) is 25.9 Å². The minimum Gasteiger partial charge on any atom is -0.368 e. The van der Waals surface area contributed by atoms with E-state index in [1.165, 1.54) is 11.1 Å². The smallest absolute Gasteiger partial charge is 0.252 e. The van der Waals surface area contributed by atoms with E-state index < -0.39 is 0 Å². The number of nitrogens with zero attached hydrogens (tertiary/aromatic N) is 2. The molecule has 2 heterocycles. The van der Waals surface area contributed by atoms with Crippen LogP contribution in [-0.4, -0.2) is 29.3 Å². The van der Waals surface area contributed by atoms with Crippen molar-refractivity contribution in [3.05, 3.63) is 47.1 Å². The van der Waals surface area contributed by atoms with E-state index in [2.05, 4.69) is 40.6 Å². The molecule has 1 N–H and O–H groups in total. The lowest BCUT2D eigenvalue weighted by Crippen LogP contribution is -2.32. The Kier molecular flexibility index (Phi) is 4.62. The van der Waals surface area contributed by atoms with Gasteiger partial charge in [0.05, 0.1) is 6.10 Å². The monoisotopic (exact) mass is 287 g/mol. The molecule has 0 atom stereocenters. The minimum atomic E-state index is 0.304. The van der Waals surface area contributed by atoms with Gasteiger partial charge in [-0.1, -0.05) is 35.0 Å². The molecule has 0 unspecified atom stereocenters. The molecule has 1 aliphatic rings. The second-order valence-electron chi connectivity index (χ2n) is 5.53. The average molecular weight is 287 g/mol. The van der Waals surface area contributed by atoms with E-state index in [-0.39, 0.29) is 0 Å². The highest BCUT2D eigenvalue weighted by atomic mass is 16.5.